The Kier molecular flexibility index (Phi) is 5.99. The van der Waals surface area contributed by atoms with E-state index >= 15 is 0 Å². The first-order valence-corrected chi connectivity index (χ1v) is 10.6. The molecule has 7 heteroatoms. The summed E-state index contributed by atoms with van der Waals surface area (Å²) in [5.41, 5.74) is 1.97. The third kappa shape index (κ3) is 4.46. The van der Waals surface area contributed by atoms with Crippen LogP contribution in [0.4, 0.5) is 5.82 Å². The van der Waals surface area contributed by atoms with Crippen LogP contribution in [-0.2, 0) is 4.79 Å². The Balaban J connectivity index is 1.46. The molecule has 0 radical (unpaired) electrons. The number of fused-ring (bicyclic) bond motifs is 2. The summed E-state index contributed by atoms with van der Waals surface area (Å²) in [7, 11) is 3.67. The zero-order chi connectivity index (χ0) is 21.1. The number of amides is 1. The van der Waals surface area contributed by atoms with Gasteiger partial charge in [-0.3, -0.25) is 4.79 Å². The Morgan fingerprint density at radius 2 is 1.97 bits per heavy atom. The highest BCUT2D eigenvalue weighted by atomic mass is 16.3. The maximum absolute atomic E-state index is 11.3. The van der Waals surface area contributed by atoms with Gasteiger partial charge in [-0.15, -0.1) is 10.2 Å². The number of likely N-dealkylation sites (N-methyl/N-ethyl adjacent to an activating group) is 1. The van der Waals surface area contributed by atoms with E-state index in [9.17, 15) is 9.90 Å². The number of nitrogens with one attached hydrogen (secondary N) is 2. The molecule has 2 aliphatic rings. The average molecular weight is 408 g/mol. The number of carbonyl (C=O) groups excluding carboxylic acids is 1. The number of anilines is 1. The summed E-state index contributed by atoms with van der Waals surface area (Å²) in [5.74, 6) is 0.769. The molecule has 1 aromatic carbocycles. The molecule has 2 aliphatic heterocycles. The highest BCUT2D eigenvalue weighted by molar-refractivity contribution is 5.91. The first kappa shape index (κ1) is 20.3. The van der Waals surface area contributed by atoms with Gasteiger partial charge < -0.3 is 20.6 Å². The summed E-state index contributed by atoms with van der Waals surface area (Å²) < 4.78 is 0. The number of phenolic OH excluding ortho intramolecular Hbond substituents is 1. The number of aromatic nitrogens is 2. The number of rotatable bonds is 5. The van der Waals surface area contributed by atoms with Gasteiger partial charge in [0.05, 0.1) is 5.69 Å². The van der Waals surface area contributed by atoms with E-state index in [2.05, 4.69) is 32.8 Å². The second kappa shape index (κ2) is 8.83. The van der Waals surface area contributed by atoms with Gasteiger partial charge in [-0.1, -0.05) is 12.5 Å². The average Bonchev–Trinajstić information content (AvgIpc) is 2.77. The summed E-state index contributed by atoms with van der Waals surface area (Å²) >= 11 is 0. The molecule has 0 aliphatic carbocycles. The summed E-state index contributed by atoms with van der Waals surface area (Å²) in [6, 6.07) is 10.8. The lowest BCUT2D eigenvalue weighted by molar-refractivity contribution is -0.115. The lowest BCUT2D eigenvalue weighted by Gasteiger charge is -2.43. The molecule has 1 amide bonds. The fourth-order valence-corrected chi connectivity index (χ4v) is 4.52. The van der Waals surface area contributed by atoms with Gasteiger partial charge >= 0.3 is 0 Å². The SMILES string of the molecule is CNC(=O)/C=C/c1ccc(-c2ccc(N(C)[C@@H]3C[C@H]4CCC[C@@H](C3)N4)nn2)c(O)c1. The predicted octanol–water partition coefficient (Wildman–Crippen LogP) is 2.72. The van der Waals surface area contributed by atoms with Crippen molar-refractivity contribution in [3.05, 3.63) is 42.0 Å². The minimum absolute atomic E-state index is 0.107. The fraction of sp³-hybridized carbons (Fsp3) is 0.435. The summed E-state index contributed by atoms with van der Waals surface area (Å²) in [6.07, 6.45) is 9.22. The molecule has 2 fully saturated rings. The van der Waals surface area contributed by atoms with Crippen molar-refractivity contribution in [2.45, 2.75) is 50.2 Å². The fourth-order valence-electron chi connectivity index (χ4n) is 4.52. The molecule has 0 saturated carbocycles. The van der Waals surface area contributed by atoms with Gasteiger partial charge in [-0.2, -0.15) is 0 Å². The summed E-state index contributed by atoms with van der Waals surface area (Å²) in [5, 5.41) is 25.5. The molecule has 3 atom stereocenters. The number of hydrogen-bond acceptors (Lipinski definition) is 6. The highest BCUT2D eigenvalue weighted by Gasteiger charge is 2.33. The number of nitrogens with zero attached hydrogens (tertiary/aromatic N) is 3. The van der Waals surface area contributed by atoms with Crippen LogP contribution in [0.5, 0.6) is 5.75 Å². The van der Waals surface area contributed by atoms with E-state index in [4.69, 9.17) is 0 Å². The van der Waals surface area contributed by atoms with E-state index < -0.39 is 0 Å². The van der Waals surface area contributed by atoms with Crippen LogP contribution in [-0.4, -0.2) is 53.4 Å². The molecule has 158 valence electrons. The number of hydrogen-bond donors (Lipinski definition) is 3. The lowest BCUT2D eigenvalue weighted by Crippen LogP contribution is -2.54. The van der Waals surface area contributed by atoms with Crippen molar-refractivity contribution in [1.82, 2.24) is 20.8 Å². The smallest absolute Gasteiger partial charge is 0.243 e. The van der Waals surface area contributed by atoms with Crippen LogP contribution in [0.25, 0.3) is 17.3 Å². The zero-order valence-electron chi connectivity index (χ0n) is 17.5. The van der Waals surface area contributed by atoms with Gasteiger partial charge in [0.1, 0.15) is 5.75 Å². The van der Waals surface area contributed by atoms with Crippen molar-refractivity contribution in [3.63, 3.8) is 0 Å². The van der Waals surface area contributed by atoms with Crippen molar-refractivity contribution in [2.24, 2.45) is 0 Å². The number of phenols is 1. The van der Waals surface area contributed by atoms with E-state index in [1.165, 1.54) is 25.3 Å². The largest absolute Gasteiger partial charge is 0.507 e. The van der Waals surface area contributed by atoms with Gasteiger partial charge in [0, 0.05) is 43.9 Å². The second-order valence-electron chi connectivity index (χ2n) is 8.23. The Labute approximate surface area is 177 Å². The minimum Gasteiger partial charge on any atom is -0.507 e. The van der Waals surface area contributed by atoms with Crippen molar-refractivity contribution in [3.8, 4) is 17.0 Å². The molecule has 0 unspecified atom stereocenters. The van der Waals surface area contributed by atoms with Gasteiger partial charge in [-0.05, 0) is 61.6 Å². The van der Waals surface area contributed by atoms with Crippen LogP contribution in [0.2, 0.25) is 0 Å². The number of piperidine rings is 2. The minimum atomic E-state index is -0.193. The first-order valence-electron chi connectivity index (χ1n) is 10.6. The van der Waals surface area contributed by atoms with E-state index in [1.54, 1.807) is 25.3 Å². The molecule has 3 N–H and O–H groups in total. The lowest BCUT2D eigenvalue weighted by atomic mass is 9.83. The molecular weight excluding hydrogens is 378 g/mol. The Bertz CT molecular complexity index is 916. The van der Waals surface area contributed by atoms with E-state index in [1.807, 2.05) is 18.2 Å². The van der Waals surface area contributed by atoms with Crippen LogP contribution in [0.1, 0.15) is 37.7 Å². The molecular formula is C23H29N5O2. The molecule has 7 nitrogen and oxygen atoms in total. The Hall–Kier alpha value is -2.93. The molecule has 1 aromatic heterocycles. The van der Waals surface area contributed by atoms with E-state index in [0.717, 1.165) is 24.2 Å². The third-order valence-electron chi connectivity index (χ3n) is 6.22. The van der Waals surface area contributed by atoms with Crippen molar-refractivity contribution in [1.29, 1.82) is 0 Å². The molecule has 2 bridgehead atoms. The Morgan fingerprint density at radius 1 is 1.20 bits per heavy atom. The molecule has 30 heavy (non-hydrogen) atoms. The van der Waals surface area contributed by atoms with E-state index in [0.29, 0.717) is 29.4 Å². The second-order valence-corrected chi connectivity index (χ2v) is 8.23. The van der Waals surface area contributed by atoms with Gasteiger partial charge in [-0.25, -0.2) is 0 Å². The van der Waals surface area contributed by atoms with E-state index in [-0.39, 0.29) is 11.7 Å². The highest BCUT2D eigenvalue weighted by Crippen LogP contribution is 2.32. The number of benzene rings is 1. The zero-order valence-corrected chi connectivity index (χ0v) is 17.5. The molecule has 3 heterocycles. The van der Waals surface area contributed by atoms with Crippen LogP contribution in [0, 0.1) is 0 Å². The first-order chi connectivity index (χ1) is 14.5. The number of carbonyl (C=O) groups is 1. The van der Waals surface area contributed by atoms with Crippen LogP contribution in [0.15, 0.2) is 36.4 Å². The topological polar surface area (TPSA) is 90.4 Å². The number of aromatic hydroxyl groups is 1. The molecule has 2 saturated heterocycles. The van der Waals surface area contributed by atoms with Crippen molar-refractivity contribution >= 4 is 17.8 Å². The summed E-state index contributed by atoms with van der Waals surface area (Å²) in [4.78, 5) is 13.6. The predicted molar refractivity (Wildman–Crippen MR) is 118 cm³/mol. The quantitative estimate of drug-likeness (QED) is 0.661. The van der Waals surface area contributed by atoms with Crippen LogP contribution >= 0.6 is 0 Å². The van der Waals surface area contributed by atoms with Crippen LogP contribution in [0.3, 0.4) is 0 Å². The monoisotopic (exact) mass is 407 g/mol. The van der Waals surface area contributed by atoms with Gasteiger partial charge in [0.15, 0.2) is 5.82 Å². The summed E-state index contributed by atoms with van der Waals surface area (Å²) in [6.45, 7) is 0. The van der Waals surface area contributed by atoms with Crippen LogP contribution < -0.4 is 15.5 Å². The maximum Gasteiger partial charge on any atom is 0.243 e. The standard InChI is InChI=1S/C23H29N5O2/c1-24-23(30)11-7-15-6-8-19(21(29)12-15)20-9-10-22(27-26-20)28(2)18-13-16-4-3-5-17(14-18)25-16/h6-12,16-18,25,29H,3-5,13-14H2,1-2H3,(H,24,30)/b11-7+/t16-,17+,18-. The molecule has 4 rings (SSSR count). The maximum atomic E-state index is 11.3. The molecule has 2 aromatic rings. The van der Waals surface area contributed by atoms with Gasteiger partial charge in [0.2, 0.25) is 5.91 Å². The van der Waals surface area contributed by atoms with Crippen molar-refractivity contribution in [2.75, 3.05) is 19.0 Å². The third-order valence-corrected chi connectivity index (χ3v) is 6.22. The van der Waals surface area contributed by atoms with Gasteiger partial charge in [0.25, 0.3) is 0 Å². The molecule has 0 spiro atoms. The normalized spacial score (nSPS) is 23.3. The Morgan fingerprint density at radius 3 is 2.60 bits per heavy atom. The van der Waals surface area contributed by atoms with Crippen molar-refractivity contribution < 1.29 is 9.90 Å².